The smallest absolute Gasteiger partial charge is 0.294 e. The SMILES string of the molecule is CC(C)COCCOCc1cccc([N+](=O)[O-])c1NN. The van der Waals surface area contributed by atoms with Crippen molar-refractivity contribution >= 4 is 11.4 Å². The van der Waals surface area contributed by atoms with Gasteiger partial charge in [-0.1, -0.05) is 26.0 Å². The van der Waals surface area contributed by atoms with Gasteiger partial charge < -0.3 is 14.9 Å². The molecule has 7 nitrogen and oxygen atoms in total. The number of nitrogen functional groups attached to an aromatic ring is 1. The van der Waals surface area contributed by atoms with Crippen molar-refractivity contribution in [3.63, 3.8) is 0 Å². The summed E-state index contributed by atoms with van der Waals surface area (Å²) < 4.78 is 10.8. The van der Waals surface area contributed by atoms with Crippen LogP contribution in [0.1, 0.15) is 19.4 Å². The zero-order valence-electron chi connectivity index (χ0n) is 11.8. The van der Waals surface area contributed by atoms with E-state index in [1.807, 2.05) is 0 Å². The number of benzene rings is 1. The first kappa shape index (κ1) is 16.4. The Morgan fingerprint density at radius 1 is 1.35 bits per heavy atom. The topological polar surface area (TPSA) is 99.6 Å². The zero-order valence-corrected chi connectivity index (χ0v) is 11.8. The van der Waals surface area contributed by atoms with Crippen LogP contribution in [0, 0.1) is 16.0 Å². The highest BCUT2D eigenvalue weighted by molar-refractivity contribution is 5.65. The van der Waals surface area contributed by atoms with Gasteiger partial charge >= 0.3 is 0 Å². The Morgan fingerprint density at radius 3 is 2.65 bits per heavy atom. The highest BCUT2D eigenvalue weighted by Crippen LogP contribution is 2.27. The van der Waals surface area contributed by atoms with E-state index in [2.05, 4.69) is 19.3 Å². The number of nitro benzene ring substituents is 1. The number of ether oxygens (including phenoxy) is 2. The summed E-state index contributed by atoms with van der Waals surface area (Å²) in [6.45, 7) is 6.01. The van der Waals surface area contributed by atoms with E-state index in [1.165, 1.54) is 6.07 Å². The Balaban J connectivity index is 2.48. The van der Waals surface area contributed by atoms with Crippen molar-refractivity contribution in [3.8, 4) is 0 Å². The lowest BCUT2D eigenvalue weighted by molar-refractivity contribution is -0.384. The molecule has 1 aromatic rings. The van der Waals surface area contributed by atoms with Crippen LogP contribution in [-0.4, -0.2) is 24.7 Å². The third-order valence-corrected chi connectivity index (χ3v) is 2.55. The second kappa shape index (κ2) is 8.47. The summed E-state index contributed by atoms with van der Waals surface area (Å²) in [6.07, 6.45) is 0. The van der Waals surface area contributed by atoms with Gasteiger partial charge in [-0.2, -0.15) is 0 Å². The number of nitro groups is 1. The summed E-state index contributed by atoms with van der Waals surface area (Å²) in [5, 5.41) is 10.9. The fourth-order valence-electron chi connectivity index (χ4n) is 1.64. The van der Waals surface area contributed by atoms with Gasteiger partial charge in [0.2, 0.25) is 0 Å². The molecule has 0 saturated heterocycles. The molecule has 0 aromatic heterocycles. The number of nitrogens with two attached hydrogens (primary N) is 1. The number of anilines is 1. The minimum Gasteiger partial charge on any atom is -0.379 e. The number of nitrogens with zero attached hydrogens (tertiary/aromatic N) is 1. The second-order valence-electron chi connectivity index (χ2n) is 4.73. The molecule has 1 aromatic carbocycles. The molecule has 0 aliphatic carbocycles. The molecule has 0 radical (unpaired) electrons. The minimum absolute atomic E-state index is 0.0651. The highest BCUT2D eigenvalue weighted by Gasteiger charge is 2.16. The monoisotopic (exact) mass is 283 g/mol. The molecule has 3 N–H and O–H groups in total. The van der Waals surface area contributed by atoms with Crippen LogP contribution in [0.2, 0.25) is 0 Å². The van der Waals surface area contributed by atoms with Gasteiger partial charge in [-0.3, -0.25) is 16.0 Å². The second-order valence-corrected chi connectivity index (χ2v) is 4.73. The van der Waals surface area contributed by atoms with Crippen molar-refractivity contribution in [1.82, 2.24) is 0 Å². The largest absolute Gasteiger partial charge is 0.379 e. The summed E-state index contributed by atoms with van der Waals surface area (Å²) in [5.74, 6) is 5.83. The van der Waals surface area contributed by atoms with Gasteiger partial charge in [0, 0.05) is 18.2 Å². The summed E-state index contributed by atoms with van der Waals surface area (Å²) in [6, 6.07) is 4.73. The van der Waals surface area contributed by atoms with Crippen molar-refractivity contribution in [2.45, 2.75) is 20.5 Å². The number of rotatable bonds is 9. The molecule has 0 saturated carbocycles. The van der Waals surface area contributed by atoms with Crippen LogP contribution in [-0.2, 0) is 16.1 Å². The lowest BCUT2D eigenvalue weighted by Gasteiger charge is -2.10. The van der Waals surface area contributed by atoms with Gasteiger partial charge in [-0.25, -0.2) is 0 Å². The van der Waals surface area contributed by atoms with E-state index < -0.39 is 4.92 Å². The van der Waals surface area contributed by atoms with Crippen LogP contribution < -0.4 is 11.3 Å². The van der Waals surface area contributed by atoms with Gasteiger partial charge in [-0.15, -0.1) is 0 Å². The highest BCUT2D eigenvalue weighted by atomic mass is 16.6. The lowest BCUT2D eigenvalue weighted by atomic mass is 10.1. The van der Waals surface area contributed by atoms with Crippen LogP contribution in [0.5, 0.6) is 0 Å². The van der Waals surface area contributed by atoms with Crippen molar-refractivity contribution in [1.29, 1.82) is 0 Å². The predicted octanol–water partition coefficient (Wildman–Crippen LogP) is 2.07. The Bertz CT molecular complexity index is 438. The molecule has 0 heterocycles. The van der Waals surface area contributed by atoms with Crippen LogP contribution in [0.25, 0.3) is 0 Å². The third kappa shape index (κ3) is 5.12. The van der Waals surface area contributed by atoms with Gasteiger partial charge in [0.05, 0.1) is 24.7 Å². The van der Waals surface area contributed by atoms with E-state index in [0.29, 0.717) is 31.3 Å². The maximum absolute atomic E-state index is 10.9. The average Bonchev–Trinajstić information content (AvgIpc) is 2.41. The molecule has 20 heavy (non-hydrogen) atoms. The fourth-order valence-corrected chi connectivity index (χ4v) is 1.64. The first-order chi connectivity index (χ1) is 9.56. The fraction of sp³-hybridized carbons (Fsp3) is 0.538. The average molecular weight is 283 g/mol. The zero-order chi connectivity index (χ0) is 15.0. The van der Waals surface area contributed by atoms with Gasteiger partial charge in [0.25, 0.3) is 5.69 Å². The molecule has 112 valence electrons. The maximum Gasteiger partial charge on any atom is 0.294 e. The minimum atomic E-state index is -0.482. The van der Waals surface area contributed by atoms with E-state index in [-0.39, 0.29) is 18.0 Å². The molecule has 0 unspecified atom stereocenters. The molecule has 0 fully saturated rings. The first-order valence-electron chi connectivity index (χ1n) is 6.44. The predicted molar refractivity (Wildman–Crippen MR) is 76.2 cm³/mol. The molecule has 0 bridgehead atoms. The molecule has 0 amide bonds. The number of hydrazine groups is 1. The van der Waals surface area contributed by atoms with E-state index in [0.717, 1.165) is 0 Å². The summed E-state index contributed by atoms with van der Waals surface area (Å²) >= 11 is 0. The lowest BCUT2D eigenvalue weighted by Crippen LogP contribution is -2.13. The van der Waals surface area contributed by atoms with E-state index in [1.54, 1.807) is 12.1 Å². The Labute approximate surface area is 118 Å². The van der Waals surface area contributed by atoms with E-state index in [4.69, 9.17) is 15.3 Å². The van der Waals surface area contributed by atoms with Gasteiger partial charge in [-0.05, 0) is 5.92 Å². The third-order valence-electron chi connectivity index (χ3n) is 2.55. The van der Waals surface area contributed by atoms with E-state index >= 15 is 0 Å². The Hall–Kier alpha value is -1.70. The molecule has 0 aliphatic rings. The normalized spacial score (nSPS) is 10.8. The molecule has 0 aliphatic heterocycles. The molecule has 7 heteroatoms. The van der Waals surface area contributed by atoms with Gasteiger partial charge in [0.15, 0.2) is 0 Å². The molecular weight excluding hydrogens is 262 g/mol. The molecule has 0 atom stereocenters. The van der Waals surface area contributed by atoms with Crippen LogP contribution >= 0.6 is 0 Å². The first-order valence-corrected chi connectivity index (χ1v) is 6.44. The Kier molecular flexibility index (Phi) is 6.92. The number of hydrogen-bond acceptors (Lipinski definition) is 6. The molecule has 1 rings (SSSR count). The number of hydrogen-bond donors (Lipinski definition) is 2. The van der Waals surface area contributed by atoms with Crippen LogP contribution in [0.4, 0.5) is 11.4 Å². The molecule has 0 spiro atoms. The van der Waals surface area contributed by atoms with E-state index in [9.17, 15) is 10.1 Å². The van der Waals surface area contributed by atoms with Crippen molar-refractivity contribution < 1.29 is 14.4 Å². The number of nitrogens with one attached hydrogen (secondary N) is 1. The van der Waals surface area contributed by atoms with Crippen molar-refractivity contribution in [2.24, 2.45) is 11.8 Å². The van der Waals surface area contributed by atoms with Crippen molar-refractivity contribution in [3.05, 3.63) is 33.9 Å². The summed E-state index contributed by atoms with van der Waals surface area (Å²) in [7, 11) is 0. The summed E-state index contributed by atoms with van der Waals surface area (Å²) in [4.78, 5) is 10.4. The summed E-state index contributed by atoms with van der Waals surface area (Å²) in [5.41, 5.74) is 3.22. The van der Waals surface area contributed by atoms with Crippen LogP contribution in [0.15, 0.2) is 18.2 Å². The molecular formula is C13H21N3O4. The maximum atomic E-state index is 10.9. The van der Waals surface area contributed by atoms with Gasteiger partial charge in [0.1, 0.15) is 5.69 Å². The van der Waals surface area contributed by atoms with Crippen molar-refractivity contribution in [2.75, 3.05) is 25.2 Å². The van der Waals surface area contributed by atoms with Crippen LogP contribution in [0.3, 0.4) is 0 Å². The Morgan fingerprint density at radius 2 is 2.05 bits per heavy atom. The standard InChI is InChI=1S/C13H21N3O4/c1-10(2)8-19-6-7-20-9-11-4-3-5-12(16(17)18)13(11)15-14/h3-5,10,15H,6-9,14H2,1-2H3. The quantitative estimate of drug-likeness (QED) is 0.311. The number of para-hydroxylation sites is 1.